The van der Waals surface area contributed by atoms with Gasteiger partial charge in [-0.05, 0) is 35.4 Å². The van der Waals surface area contributed by atoms with E-state index in [0.29, 0.717) is 11.5 Å². The summed E-state index contributed by atoms with van der Waals surface area (Å²) < 4.78 is 11.3. The minimum absolute atomic E-state index is 0.0532. The zero-order chi connectivity index (χ0) is 29.9. The maximum Gasteiger partial charge on any atom is 0.280 e. The second kappa shape index (κ2) is 11.1. The summed E-state index contributed by atoms with van der Waals surface area (Å²) in [4.78, 5) is 41.6. The highest BCUT2D eigenvalue weighted by Crippen LogP contribution is 2.36. The average molecular weight is 560 g/mol. The summed E-state index contributed by atoms with van der Waals surface area (Å²) in [5, 5.41) is 44.5. The first kappa shape index (κ1) is 28.1. The molecular formula is C27H20N4O10. The summed E-state index contributed by atoms with van der Waals surface area (Å²) in [5.74, 6) is 0.522. The van der Waals surface area contributed by atoms with Gasteiger partial charge in [-0.25, -0.2) is 0 Å². The third-order valence-electron chi connectivity index (χ3n) is 6.22. The fourth-order valence-corrected chi connectivity index (χ4v) is 3.99. The van der Waals surface area contributed by atoms with E-state index in [2.05, 4.69) is 0 Å². The third kappa shape index (κ3) is 6.39. The number of hydrogen-bond donors (Lipinski definition) is 0. The summed E-state index contributed by atoms with van der Waals surface area (Å²) >= 11 is 0. The molecule has 14 nitrogen and oxygen atoms in total. The van der Waals surface area contributed by atoms with E-state index in [1.807, 2.05) is 13.8 Å². The van der Waals surface area contributed by atoms with Gasteiger partial charge in [-0.2, -0.15) is 0 Å². The van der Waals surface area contributed by atoms with Crippen LogP contribution in [0.4, 0.5) is 22.7 Å². The molecule has 4 aromatic rings. The Kier molecular flexibility index (Phi) is 7.58. The maximum atomic E-state index is 11.1. The van der Waals surface area contributed by atoms with Gasteiger partial charge >= 0.3 is 0 Å². The van der Waals surface area contributed by atoms with Crippen LogP contribution in [-0.4, -0.2) is 19.7 Å². The smallest absolute Gasteiger partial charge is 0.280 e. The van der Waals surface area contributed by atoms with Crippen LogP contribution < -0.4 is 9.47 Å². The number of ether oxygens (including phenoxy) is 2. The molecule has 0 fully saturated rings. The third-order valence-corrected chi connectivity index (χ3v) is 6.22. The van der Waals surface area contributed by atoms with Crippen LogP contribution in [0.3, 0.4) is 0 Å². The number of nitro groups is 4. The zero-order valence-corrected chi connectivity index (χ0v) is 21.5. The van der Waals surface area contributed by atoms with Gasteiger partial charge in [0.1, 0.15) is 23.0 Å². The lowest BCUT2D eigenvalue weighted by Crippen LogP contribution is -2.18. The molecule has 4 rings (SSSR count). The molecule has 0 aliphatic heterocycles. The molecular weight excluding hydrogens is 540 g/mol. The van der Waals surface area contributed by atoms with Gasteiger partial charge in [0.05, 0.1) is 56.1 Å². The Hall–Kier alpha value is -5.92. The van der Waals surface area contributed by atoms with Crippen molar-refractivity contribution in [3.05, 3.63) is 137 Å². The van der Waals surface area contributed by atoms with Gasteiger partial charge in [-0.1, -0.05) is 38.1 Å². The summed E-state index contributed by atoms with van der Waals surface area (Å²) in [6, 6.07) is 19.8. The van der Waals surface area contributed by atoms with Crippen LogP contribution in [0.2, 0.25) is 0 Å². The SMILES string of the molecule is CC(C)(c1ccc(Oc2cc([N+](=O)[O-])cc([N+](=O)[O-])c2)cc1)c1ccc(Oc2cc([N+](=O)[O-])cc([N+](=O)[O-])c2)cc1. The van der Waals surface area contributed by atoms with E-state index in [-0.39, 0.29) is 11.5 Å². The standard InChI is InChI=1S/C27H20N4O10/c1-27(2,17-3-7-23(8-4-17)40-25-13-19(28(32)33)11-20(14-25)29(34)35)18-5-9-24(10-6-18)41-26-15-21(30(36)37)12-22(16-26)31(38)39/h3-16H,1-2H3. The van der Waals surface area contributed by atoms with Crippen molar-refractivity contribution in [3.8, 4) is 23.0 Å². The lowest BCUT2D eigenvalue weighted by molar-refractivity contribution is -0.394. The van der Waals surface area contributed by atoms with Crippen LogP contribution in [-0.2, 0) is 5.41 Å². The molecule has 0 aliphatic carbocycles. The topological polar surface area (TPSA) is 191 Å². The number of benzene rings is 4. The number of hydrogen-bond acceptors (Lipinski definition) is 10. The van der Waals surface area contributed by atoms with E-state index in [1.165, 1.54) is 0 Å². The molecule has 0 spiro atoms. The van der Waals surface area contributed by atoms with Gasteiger partial charge in [-0.15, -0.1) is 0 Å². The highest BCUT2D eigenvalue weighted by Gasteiger charge is 2.24. The largest absolute Gasteiger partial charge is 0.457 e. The minimum atomic E-state index is -0.741. The van der Waals surface area contributed by atoms with Crippen molar-refractivity contribution in [3.63, 3.8) is 0 Å². The molecule has 0 amide bonds. The zero-order valence-electron chi connectivity index (χ0n) is 21.5. The van der Waals surface area contributed by atoms with Gasteiger partial charge in [0, 0.05) is 5.41 Å². The van der Waals surface area contributed by atoms with Crippen molar-refractivity contribution in [2.75, 3.05) is 0 Å². The summed E-state index contributed by atoms with van der Waals surface area (Å²) in [6.07, 6.45) is 0. The Labute approximate surface area is 231 Å². The first-order valence-corrected chi connectivity index (χ1v) is 11.8. The van der Waals surface area contributed by atoms with Gasteiger partial charge in [0.15, 0.2) is 0 Å². The van der Waals surface area contributed by atoms with Crippen LogP contribution in [0, 0.1) is 40.5 Å². The minimum Gasteiger partial charge on any atom is -0.457 e. The molecule has 208 valence electrons. The number of nitro benzene ring substituents is 4. The highest BCUT2D eigenvalue weighted by atomic mass is 16.6. The first-order valence-electron chi connectivity index (χ1n) is 11.8. The molecule has 0 aliphatic rings. The van der Waals surface area contributed by atoms with E-state index in [0.717, 1.165) is 47.5 Å². The predicted octanol–water partition coefficient (Wildman–Crippen LogP) is 7.23. The molecule has 0 saturated heterocycles. The molecule has 0 aromatic heterocycles. The second-order valence-corrected chi connectivity index (χ2v) is 9.28. The Morgan fingerprint density at radius 1 is 0.463 bits per heavy atom. The molecule has 0 bridgehead atoms. The molecule has 0 unspecified atom stereocenters. The van der Waals surface area contributed by atoms with Gasteiger partial charge in [-0.3, -0.25) is 40.5 Å². The van der Waals surface area contributed by atoms with Crippen molar-refractivity contribution in [2.24, 2.45) is 0 Å². The van der Waals surface area contributed by atoms with Crippen molar-refractivity contribution >= 4 is 22.7 Å². The van der Waals surface area contributed by atoms with Crippen LogP contribution in [0.25, 0.3) is 0 Å². The quantitative estimate of drug-likeness (QED) is 0.141. The predicted molar refractivity (Wildman–Crippen MR) is 145 cm³/mol. The van der Waals surface area contributed by atoms with Crippen LogP contribution in [0.5, 0.6) is 23.0 Å². The molecule has 41 heavy (non-hydrogen) atoms. The van der Waals surface area contributed by atoms with E-state index in [1.54, 1.807) is 48.5 Å². The Morgan fingerprint density at radius 2 is 0.732 bits per heavy atom. The Balaban J connectivity index is 1.52. The van der Waals surface area contributed by atoms with Crippen LogP contribution in [0.15, 0.2) is 84.9 Å². The molecule has 14 heteroatoms. The van der Waals surface area contributed by atoms with Crippen molar-refractivity contribution in [1.82, 2.24) is 0 Å². The van der Waals surface area contributed by atoms with E-state index >= 15 is 0 Å². The number of nitrogens with zero attached hydrogens (tertiary/aromatic N) is 4. The average Bonchev–Trinajstić information content (AvgIpc) is 2.93. The summed E-state index contributed by atoms with van der Waals surface area (Å²) in [6.45, 7) is 3.93. The summed E-state index contributed by atoms with van der Waals surface area (Å²) in [5.41, 5.74) is -0.654. The van der Waals surface area contributed by atoms with Crippen molar-refractivity contribution in [2.45, 2.75) is 19.3 Å². The Bertz CT molecular complexity index is 1480. The molecule has 4 aromatic carbocycles. The van der Waals surface area contributed by atoms with E-state index in [4.69, 9.17) is 9.47 Å². The molecule has 0 N–H and O–H groups in total. The first-order chi connectivity index (χ1) is 19.3. The van der Waals surface area contributed by atoms with Crippen LogP contribution in [0.1, 0.15) is 25.0 Å². The lowest BCUT2D eigenvalue weighted by Gasteiger charge is -2.26. The van der Waals surface area contributed by atoms with Gasteiger partial charge in [0.25, 0.3) is 22.7 Å². The Morgan fingerprint density at radius 3 is 0.976 bits per heavy atom. The van der Waals surface area contributed by atoms with Crippen molar-refractivity contribution in [1.29, 1.82) is 0 Å². The second-order valence-electron chi connectivity index (χ2n) is 9.28. The highest BCUT2D eigenvalue weighted by molar-refractivity contribution is 5.52. The fourth-order valence-electron chi connectivity index (χ4n) is 3.99. The molecule has 0 heterocycles. The normalized spacial score (nSPS) is 11.0. The van der Waals surface area contributed by atoms with Gasteiger partial charge in [0.2, 0.25) is 0 Å². The summed E-state index contributed by atoms with van der Waals surface area (Å²) in [7, 11) is 0. The van der Waals surface area contributed by atoms with Crippen LogP contribution >= 0.6 is 0 Å². The molecule has 0 atom stereocenters. The number of rotatable bonds is 10. The fraction of sp³-hybridized carbons (Fsp3) is 0.111. The maximum absolute atomic E-state index is 11.1. The van der Waals surface area contributed by atoms with E-state index < -0.39 is 47.9 Å². The lowest BCUT2D eigenvalue weighted by atomic mass is 9.78. The molecule has 0 saturated carbocycles. The van der Waals surface area contributed by atoms with Crippen molar-refractivity contribution < 1.29 is 29.2 Å². The molecule has 0 radical (unpaired) electrons. The van der Waals surface area contributed by atoms with E-state index in [9.17, 15) is 40.5 Å². The number of non-ortho nitro benzene ring substituents is 4. The van der Waals surface area contributed by atoms with Gasteiger partial charge < -0.3 is 9.47 Å². The monoisotopic (exact) mass is 560 g/mol.